The van der Waals surface area contributed by atoms with Gasteiger partial charge in [-0.2, -0.15) is 0 Å². The number of ether oxygens (including phenoxy) is 1. The summed E-state index contributed by atoms with van der Waals surface area (Å²) in [4.78, 5) is 21.5. The fourth-order valence-electron chi connectivity index (χ4n) is 0.845. The van der Waals surface area contributed by atoms with Gasteiger partial charge in [0.1, 0.15) is 11.6 Å². The van der Waals surface area contributed by atoms with Crippen LogP contribution in [0.25, 0.3) is 0 Å². The molecule has 0 unspecified atom stereocenters. The summed E-state index contributed by atoms with van der Waals surface area (Å²) in [7, 11) is 0. The lowest BCUT2D eigenvalue weighted by Crippen LogP contribution is -2.43. The summed E-state index contributed by atoms with van der Waals surface area (Å²) < 4.78 is 4.89. The molecule has 15 heavy (non-hydrogen) atoms. The van der Waals surface area contributed by atoms with E-state index < -0.39 is 36.1 Å². The van der Waals surface area contributed by atoms with Crippen LogP contribution in [-0.2, 0) is 14.3 Å². The SMILES string of the molecule is CC(C)(C)OC(=O)C[C@@H](O)[C@H](N)C(=O)O. The molecule has 6 heteroatoms. The van der Waals surface area contributed by atoms with Gasteiger partial charge in [0.25, 0.3) is 0 Å². The Labute approximate surface area is 88.0 Å². The third kappa shape index (κ3) is 6.03. The molecule has 0 aliphatic carbocycles. The second-order valence-electron chi connectivity index (χ2n) is 4.22. The Morgan fingerprint density at radius 2 is 1.87 bits per heavy atom. The third-order valence-corrected chi connectivity index (χ3v) is 1.50. The predicted molar refractivity (Wildman–Crippen MR) is 52.1 cm³/mol. The molecule has 4 N–H and O–H groups in total. The van der Waals surface area contributed by atoms with Crippen molar-refractivity contribution in [1.82, 2.24) is 0 Å². The maximum absolute atomic E-state index is 11.2. The Kier molecular flexibility index (Phi) is 4.70. The van der Waals surface area contributed by atoms with Gasteiger partial charge in [0.2, 0.25) is 0 Å². The first kappa shape index (κ1) is 13.9. The molecule has 0 saturated heterocycles. The number of aliphatic hydroxyl groups is 1. The van der Waals surface area contributed by atoms with Crippen molar-refractivity contribution < 1.29 is 24.5 Å². The second-order valence-corrected chi connectivity index (χ2v) is 4.22. The lowest BCUT2D eigenvalue weighted by Gasteiger charge is -2.21. The number of carboxylic acids is 1. The molecular weight excluding hydrogens is 202 g/mol. The number of aliphatic carboxylic acids is 1. The number of carboxylic acid groups (broad SMARTS) is 1. The predicted octanol–water partition coefficient (Wildman–Crippen LogP) is -0.509. The van der Waals surface area contributed by atoms with Gasteiger partial charge in [-0.15, -0.1) is 0 Å². The monoisotopic (exact) mass is 219 g/mol. The van der Waals surface area contributed by atoms with E-state index in [4.69, 9.17) is 15.6 Å². The van der Waals surface area contributed by atoms with E-state index in [1.165, 1.54) is 0 Å². The van der Waals surface area contributed by atoms with E-state index in [1.807, 2.05) is 0 Å². The molecule has 0 fully saturated rings. The molecule has 0 saturated carbocycles. The molecule has 0 aromatic heterocycles. The van der Waals surface area contributed by atoms with Crippen LogP contribution in [0.2, 0.25) is 0 Å². The van der Waals surface area contributed by atoms with Crippen LogP contribution in [0.1, 0.15) is 27.2 Å². The number of hydrogen-bond donors (Lipinski definition) is 3. The van der Waals surface area contributed by atoms with Crippen molar-refractivity contribution in [3.63, 3.8) is 0 Å². The lowest BCUT2D eigenvalue weighted by atomic mass is 10.1. The minimum absolute atomic E-state index is 0.426. The van der Waals surface area contributed by atoms with Crippen molar-refractivity contribution in [2.24, 2.45) is 5.73 Å². The highest BCUT2D eigenvalue weighted by Gasteiger charge is 2.26. The normalized spacial score (nSPS) is 15.5. The lowest BCUT2D eigenvalue weighted by molar-refractivity contribution is -0.158. The van der Waals surface area contributed by atoms with Crippen LogP contribution < -0.4 is 5.73 Å². The van der Waals surface area contributed by atoms with E-state index in [1.54, 1.807) is 20.8 Å². The van der Waals surface area contributed by atoms with Gasteiger partial charge in [0.15, 0.2) is 0 Å². The van der Waals surface area contributed by atoms with E-state index in [2.05, 4.69) is 0 Å². The van der Waals surface area contributed by atoms with Crippen molar-refractivity contribution in [1.29, 1.82) is 0 Å². The van der Waals surface area contributed by atoms with Crippen LogP contribution in [0.4, 0.5) is 0 Å². The second kappa shape index (κ2) is 5.09. The first-order valence-electron chi connectivity index (χ1n) is 4.52. The maximum atomic E-state index is 11.2. The van der Waals surface area contributed by atoms with Gasteiger partial charge >= 0.3 is 11.9 Å². The quantitative estimate of drug-likeness (QED) is 0.549. The van der Waals surface area contributed by atoms with Crippen LogP contribution in [0, 0.1) is 0 Å². The number of hydrogen-bond acceptors (Lipinski definition) is 5. The maximum Gasteiger partial charge on any atom is 0.323 e. The third-order valence-electron chi connectivity index (χ3n) is 1.50. The van der Waals surface area contributed by atoms with Crippen molar-refractivity contribution in [2.45, 2.75) is 44.9 Å². The van der Waals surface area contributed by atoms with Crippen molar-refractivity contribution >= 4 is 11.9 Å². The zero-order chi connectivity index (χ0) is 12.2. The van der Waals surface area contributed by atoms with Gasteiger partial charge in [0, 0.05) is 0 Å². The summed E-state index contributed by atoms with van der Waals surface area (Å²) in [5.41, 5.74) is 4.45. The van der Waals surface area contributed by atoms with Gasteiger partial charge in [0.05, 0.1) is 12.5 Å². The fraction of sp³-hybridized carbons (Fsp3) is 0.778. The van der Waals surface area contributed by atoms with Gasteiger partial charge in [-0.3, -0.25) is 9.59 Å². The Bertz CT molecular complexity index is 245. The zero-order valence-corrected chi connectivity index (χ0v) is 9.06. The van der Waals surface area contributed by atoms with E-state index in [0.717, 1.165) is 0 Å². The largest absolute Gasteiger partial charge is 0.480 e. The summed E-state index contributed by atoms with van der Waals surface area (Å²) in [5.74, 6) is -2.03. The smallest absolute Gasteiger partial charge is 0.323 e. The molecule has 0 aromatic carbocycles. The summed E-state index contributed by atoms with van der Waals surface area (Å²) in [6, 6.07) is -1.47. The molecule has 0 spiro atoms. The topological polar surface area (TPSA) is 110 Å². The van der Waals surface area contributed by atoms with Gasteiger partial charge < -0.3 is 20.7 Å². The Balaban J connectivity index is 4.13. The molecule has 6 nitrogen and oxygen atoms in total. The van der Waals surface area contributed by atoms with Crippen LogP contribution in [0.5, 0.6) is 0 Å². The van der Waals surface area contributed by atoms with Gasteiger partial charge in [-0.1, -0.05) is 0 Å². The number of nitrogens with two attached hydrogens (primary N) is 1. The molecule has 2 atom stereocenters. The number of esters is 1. The minimum atomic E-state index is -1.47. The van der Waals surface area contributed by atoms with Crippen LogP contribution >= 0.6 is 0 Å². The molecule has 0 bridgehead atoms. The Hall–Kier alpha value is -1.14. The van der Waals surface area contributed by atoms with Crippen LogP contribution in [0.15, 0.2) is 0 Å². The molecule has 0 heterocycles. The number of aliphatic hydroxyl groups excluding tert-OH is 1. The van der Waals surface area contributed by atoms with Crippen LogP contribution in [0.3, 0.4) is 0 Å². The van der Waals surface area contributed by atoms with E-state index >= 15 is 0 Å². The standard InChI is InChI=1S/C9H17NO5/c1-9(2,3)15-6(12)4-5(11)7(10)8(13)14/h5,7,11H,4,10H2,1-3H3,(H,13,14)/t5-,7+/m1/s1. The highest BCUT2D eigenvalue weighted by Crippen LogP contribution is 2.10. The van der Waals surface area contributed by atoms with Crippen molar-refractivity contribution in [3.8, 4) is 0 Å². The average molecular weight is 219 g/mol. The van der Waals surface area contributed by atoms with E-state index in [-0.39, 0.29) is 0 Å². The number of carbonyl (C=O) groups is 2. The van der Waals surface area contributed by atoms with Gasteiger partial charge in [-0.05, 0) is 20.8 Å². The van der Waals surface area contributed by atoms with E-state index in [0.29, 0.717) is 0 Å². The summed E-state index contributed by atoms with van der Waals surface area (Å²) in [5, 5.41) is 17.7. The molecular formula is C9H17NO5. The Morgan fingerprint density at radius 1 is 1.40 bits per heavy atom. The first-order chi connectivity index (χ1) is 6.63. The summed E-state index contributed by atoms with van der Waals surface area (Å²) >= 11 is 0. The molecule has 0 aliphatic rings. The highest BCUT2D eigenvalue weighted by atomic mass is 16.6. The van der Waals surface area contributed by atoms with Crippen molar-refractivity contribution in [3.05, 3.63) is 0 Å². The average Bonchev–Trinajstić information content (AvgIpc) is 1.98. The minimum Gasteiger partial charge on any atom is -0.480 e. The van der Waals surface area contributed by atoms with Crippen molar-refractivity contribution in [2.75, 3.05) is 0 Å². The van der Waals surface area contributed by atoms with Gasteiger partial charge in [-0.25, -0.2) is 0 Å². The number of carbonyl (C=O) groups excluding carboxylic acids is 1. The van der Waals surface area contributed by atoms with Crippen LogP contribution in [-0.4, -0.2) is 39.9 Å². The molecule has 0 radical (unpaired) electrons. The molecule has 0 amide bonds. The highest BCUT2D eigenvalue weighted by molar-refractivity contribution is 5.76. The number of rotatable bonds is 4. The molecule has 0 aromatic rings. The summed E-state index contributed by atoms with van der Waals surface area (Å²) in [6.07, 6.45) is -1.86. The van der Waals surface area contributed by atoms with E-state index in [9.17, 15) is 14.7 Å². The fourth-order valence-corrected chi connectivity index (χ4v) is 0.845. The summed E-state index contributed by atoms with van der Waals surface area (Å²) in [6.45, 7) is 5.03. The Morgan fingerprint density at radius 3 is 2.20 bits per heavy atom. The molecule has 88 valence electrons. The molecule has 0 aliphatic heterocycles. The first-order valence-corrected chi connectivity index (χ1v) is 4.52. The molecule has 0 rings (SSSR count). The zero-order valence-electron chi connectivity index (χ0n) is 9.06.